The van der Waals surface area contributed by atoms with Crippen molar-refractivity contribution in [1.29, 1.82) is 0 Å². The van der Waals surface area contributed by atoms with Crippen molar-refractivity contribution in [3.63, 3.8) is 0 Å². The van der Waals surface area contributed by atoms with Crippen LogP contribution in [-0.4, -0.2) is 21.5 Å². The van der Waals surface area contributed by atoms with Crippen LogP contribution < -0.4 is 5.73 Å². The topological polar surface area (TPSA) is 35.2 Å². The summed E-state index contributed by atoms with van der Waals surface area (Å²) in [6, 6.07) is 3.99. The van der Waals surface area contributed by atoms with Crippen LogP contribution in [0.5, 0.6) is 0 Å². The summed E-state index contributed by atoms with van der Waals surface area (Å²) in [5, 5.41) is 0. The highest BCUT2D eigenvalue weighted by molar-refractivity contribution is 6.73. The van der Waals surface area contributed by atoms with Crippen LogP contribution >= 0.6 is 0 Å². The Hall–Kier alpha value is 0.137. The number of rotatable bonds is 13. The van der Waals surface area contributed by atoms with E-state index in [1.54, 1.807) is 0 Å². The zero-order chi connectivity index (χ0) is 13.7. The molecule has 0 atom stereocenters. The molecule has 0 spiro atoms. The molecular formula is C15H35NOSi. The van der Waals surface area contributed by atoms with Gasteiger partial charge in [-0.3, -0.25) is 0 Å². The molecule has 0 aliphatic carbocycles. The fourth-order valence-corrected chi connectivity index (χ4v) is 7.05. The second-order valence-corrected chi connectivity index (χ2v) is 9.64. The van der Waals surface area contributed by atoms with Crippen molar-refractivity contribution in [1.82, 2.24) is 0 Å². The molecule has 0 saturated carbocycles. The molecule has 0 aliphatic heterocycles. The Kier molecular flexibility index (Phi) is 12.3. The summed E-state index contributed by atoms with van der Waals surface area (Å²) in [5.74, 6) is 0. The van der Waals surface area contributed by atoms with Crippen LogP contribution in [0.2, 0.25) is 18.1 Å². The van der Waals surface area contributed by atoms with Crippen molar-refractivity contribution >= 4 is 8.32 Å². The molecule has 0 rings (SSSR count). The Bertz CT molecular complexity index is 154. The third-order valence-electron chi connectivity index (χ3n) is 3.71. The van der Waals surface area contributed by atoms with Crippen molar-refractivity contribution in [2.75, 3.05) is 13.2 Å². The molecule has 0 bridgehead atoms. The highest BCUT2D eigenvalue weighted by atomic mass is 28.4. The third kappa shape index (κ3) is 8.28. The lowest BCUT2D eigenvalue weighted by Gasteiger charge is -2.32. The first-order chi connectivity index (χ1) is 8.74. The average Bonchev–Trinajstić information content (AvgIpc) is 2.40. The molecule has 3 heteroatoms. The van der Waals surface area contributed by atoms with Crippen LogP contribution in [0.25, 0.3) is 0 Å². The van der Waals surface area contributed by atoms with Gasteiger partial charge in [-0.25, -0.2) is 0 Å². The van der Waals surface area contributed by atoms with Gasteiger partial charge in [0.05, 0.1) is 0 Å². The van der Waals surface area contributed by atoms with E-state index in [1.807, 2.05) is 0 Å². The predicted molar refractivity (Wildman–Crippen MR) is 84.5 cm³/mol. The standard InChI is InChI=1S/C15H35NOSi/c1-4-7-12-17-18(13-8-5-2,14-9-6-3)15-10-11-16/h4-16H2,1-3H3. The van der Waals surface area contributed by atoms with Crippen LogP contribution in [0.4, 0.5) is 0 Å². The van der Waals surface area contributed by atoms with Crippen LogP contribution in [0, 0.1) is 0 Å². The fourth-order valence-electron chi connectivity index (χ4n) is 2.45. The molecule has 110 valence electrons. The molecule has 0 heterocycles. The van der Waals surface area contributed by atoms with Gasteiger partial charge >= 0.3 is 0 Å². The number of nitrogens with two attached hydrogens (primary N) is 1. The summed E-state index contributed by atoms with van der Waals surface area (Å²) in [6.07, 6.45) is 8.88. The zero-order valence-corrected chi connectivity index (χ0v) is 14.0. The van der Waals surface area contributed by atoms with Gasteiger partial charge < -0.3 is 10.2 Å². The molecule has 0 unspecified atom stereocenters. The van der Waals surface area contributed by atoms with Gasteiger partial charge in [0.1, 0.15) is 0 Å². The minimum Gasteiger partial charge on any atom is -0.417 e. The van der Waals surface area contributed by atoms with E-state index in [9.17, 15) is 0 Å². The summed E-state index contributed by atoms with van der Waals surface area (Å²) >= 11 is 0. The minimum atomic E-state index is -1.48. The summed E-state index contributed by atoms with van der Waals surface area (Å²) in [4.78, 5) is 0. The zero-order valence-electron chi connectivity index (χ0n) is 13.0. The number of unbranched alkanes of at least 4 members (excludes halogenated alkanes) is 3. The van der Waals surface area contributed by atoms with Gasteiger partial charge in [-0.15, -0.1) is 0 Å². The molecule has 0 aliphatic rings. The lowest BCUT2D eigenvalue weighted by Crippen LogP contribution is -2.39. The molecule has 0 aromatic heterocycles. The van der Waals surface area contributed by atoms with Crippen LogP contribution in [0.3, 0.4) is 0 Å². The number of hydrogen-bond acceptors (Lipinski definition) is 2. The highest BCUT2D eigenvalue weighted by Gasteiger charge is 2.32. The first-order valence-corrected chi connectivity index (χ1v) is 10.6. The lowest BCUT2D eigenvalue weighted by atomic mass is 10.4. The molecule has 0 saturated heterocycles. The SMILES string of the molecule is CCCCO[Si](CCCC)(CCCC)CCCN. The van der Waals surface area contributed by atoms with Crippen molar-refractivity contribution in [2.45, 2.75) is 83.8 Å². The number of hydrogen-bond donors (Lipinski definition) is 1. The normalized spacial score (nSPS) is 12.0. The maximum absolute atomic E-state index is 6.46. The Morgan fingerprint density at radius 3 is 1.72 bits per heavy atom. The van der Waals surface area contributed by atoms with Gasteiger partial charge in [0.2, 0.25) is 0 Å². The molecule has 0 aromatic carbocycles. The van der Waals surface area contributed by atoms with Gasteiger partial charge in [0.15, 0.2) is 8.32 Å². The van der Waals surface area contributed by atoms with Gasteiger partial charge in [0.25, 0.3) is 0 Å². The van der Waals surface area contributed by atoms with Crippen LogP contribution in [0.15, 0.2) is 0 Å². The minimum absolute atomic E-state index is 0.824. The molecule has 0 radical (unpaired) electrons. The quantitative estimate of drug-likeness (QED) is 0.390. The molecule has 0 aromatic rings. The summed E-state index contributed by atoms with van der Waals surface area (Å²) in [6.45, 7) is 8.62. The monoisotopic (exact) mass is 273 g/mol. The maximum atomic E-state index is 6.46. The van der Waals surface area contributed by atoms with E-state index in [-0.39, 0.29) is 0 Å². The summed E-state index contributed by atoms with van der Waals surface area (Å²) in [7, 11) is -1.48. The maximum Gasteiger partial charge on any atom is 0.192 e. The van der Waals surface area contributed by atoms with E-state index in [0.717, 1.165) is 19.6 Å². The largest absolute Gasteiger partial charge is 0.417 e. The first-order valence-electron chi connectivity index (χ1n) is 8.08. The van der Waals surface area contributed by atoms with Crippen molar-refractivity contribution < 1.29 is 4.43 Å². The first kappa shape index (κ1) is 18.1. The van der Waals surface area contributed by atoms with E-state index in [4.69, 9.17) is 10.2 Å². The molecular weight excluding hydrogens is 238 g/mol. The smallest absolute Gasteiger partial charge is 0.192 e. The van der Waals surface area contributed by atoms with Gasteiger partial charge in [-0.05, 0) is 37.5 Å². The van der Waals surface area contributed by atoms with E-state index < -0.39 is 8.32 Å². The second kappa shape index (κ2) is 12.2. The van der Waals surface area contributed by atoms with Crippen LogP contribution in [-0.2, 0) is 4.43 Å². The molecule has 0 amide bonds. The molecule has 2 nitrogen and oxygen atoms in total. The van der Waals surface area contributed by atoms with Crippen LogP contribution in [0.1, 0.15) is 65.7 Å². The summed E-state index contributed by atoms with van der Waals surface area (Å²) < 4.78 is 6.46. The third-order valence-corrected chi connectivity index (χ3v) is 8.33. The van der Waals surface area contributed by atoms with Gasteiger partial charge in [-0.2, -0.15) is 0 Å². The molecule has 18 heavy (non-hydrogen) atoms. The Morgan fingerprint density at radius 1 is 0.778 bits per heavy atom. The van der Waals surface area contributed by atoms with Crippen molar-refractivity contribution in [3.05, 3.63) is 0 Å². The Morgan fingerprint density at radius 2 is 1.28 bits per heavy atom. The van der Waals surface area contributed by atoms with E-state index >= 15 is 0 Å². The van der Waals surface area contributed by atoms with Crippen molar-refractivity contribution in [3.8, 4) is 0 Å². The Balaban J connectivity index is 4.41. The van der Waals surface area contributed by atoms with E-state index in [2.05, 4.69) is 20.8 Å². The van der Waals surface area contributed by atoms with Crippen molar-refractivity contribution in [2.24, 2.45) is 5.73 Å². The summed E-state index contributed by atoms with van der Waals surface area (Å²) in [5.41, 5.74) is 5.71. The highest BCUT2D eigenvalue weighted by Crippen LogP contribution is 2.29. The average molecular weight is 274 g/mol. The fraction of sp³-hybridized carbons (Fsp3) is 1.00. The molecule has 2 N–H and O–H groups in total. The lowest BCUT2D eigenvalue weighted by molar-refractivity contribution is 0.286. The van der Waals surface area contributed by atoms with E-state index in [1.165, 1.54) is 56.7 Å². The van der Waals surface area contributed by atoms with Gasteiger partial charge in [-0.1, -0.05) is 52.9 Å². The Labute approximate surface area is 116 Å². The second-order valence-electron chi connectivity index (χ2n) is 5.48. The van der Waals surface area contributed by atoms with Gasteiger partial charge in [0, 0.05) is 6.61 Å². The van der Waals surface area contributed by atoms with E-state index in [0.29, 0.717) is 0 Å². The molecule has 0 fully saturated rings. The predicted octanol–water partition coefficient (Wildman–Crippen LogP) is 4.70.